The van der Waals surface area contributed by atoms with Gasteiger partial charge < -0.3 is 20.5 Å². The first kappa shape index (κ1) is 20.0. The number of hydrogen-bond acceptors (Lipinski definition) is 5. The molecule has 8 heteroatoms. The van der Waals surface area contributed by atoms with Crippen LogP contribution in [0.4, 0.5) is 22.7 Å². The van der Waals surface area contributed by atoms with E-state index in [-0.39, 0.29) is 24.4 Å². The first-order chi connectivity index (χ1) is 15.0. The average Bonchev–Trinajstić information content (AvgIpc) is 2.77. The van der Waals surface area contributed by atoms with Crippen LogP contribution in [0.5, 0.6) is 5.75 Å². The summed E-state index contributed by atoms with van der Waals surface area (Å²) in [7, 11) is 0. The summed E-state index contributed by atoms with van der Waals surface area (Å²) in [6, 6.07) is 21.0. The highest BCUT2D eigenvalue weighted by molar-refractivity contribution is 6.05. The van der Waals surface area contributed by atoms with E-state index in [1.54, 1.807) is 12.1 Å². The van der Waals surface area contributed by atoms with E-state index in [0.29, 0.717) is 11.4 Å². The number of anilines is 4. The second-order valence-corrected chi connectivity index (χ2v) is 6.87. The number of carboxylic acids is 1. The fourth-order valence-electron chi connectivity index (χ4n) is 3.18. The first-order valence-corrected chi connectivity index (χ1v) is 9.52. The van der Waals surface area contributed by atoms with Crippen molar-refractivity contribution < 1.29 is 24.2 Å². The first-order valence-electron chi connectivity index (χ1n) is 9.52. The Bertz CT molecular complexity index is 1130. The number of aromatic carboxylic acids is 1. The maximum Gasteiger partial charge on any atom is 0.335 e. The van der Waals surface area contributed by atoms with Crippen molar-refractivity contribution in [3.05, 3.63) is 78.4 Å². The van der Waals surface area contributed by atoms with E-state index in [2.05, 4.69) is 10.6 Å². The molecular formula is C23H19N3O5. The smallest absolute Gasteiger partial charge is 0.335 e. The number of hydrogen-bond donors (Lipinski definition) is 3. The summed E-state index contributed by atoms with van der Waals surface area (Å²) in [6.07, 6.45) is 0. The Labute approximate surface area is 178 Å². The monoisotopic (exact) mass is 417 g/mol. The van der Waals surface area contributed by atoms with Crippen LogP contribution in [0.3, 0.4) is 0 Å². The molecule has 4 rings (SSSR count). The van der Waals surface area contributed by atoms with Gasteiger partial charge in [-0.3, -0.25) is 14.5 Å². The summed E-state index contributed by atoms with van der Waals surface area (Å²) in [4.78, 5) is 37.3. The van der Waals surface area contributed by atoms with Gasteiger partial charge in [-0.2, -0.15) is 0 Å². The zero-order valence-electron chi connectivity index (χ0n) is 16.4. The summed E-state index contributed by atoms with van der Waals surface area (Å²) < 4.78 is 5.34. The number of nitrogens with one attached hydrogen (secondary N) is 2. The van der Waals surface area contributed by atoms with E-state index < -0.39 is 17.8 Å². The topological polar surface area (TPSA) is 108 Å². The molecule has 0 aliphatic carbocycles. The molecule has 31 heavy (non-hydrogen) atoms. The normalized spacial score (nSPS) is 12.5. The Balaban J connectivity index is 1.43. The third kappa shape index (κ3) is 4.64. The van der Waals surface area contributed by atoms with Gasteiger partial charge >= 0.3 is 5.97 Å². The Kier molecular flexibility index (Phi) is 5.53. The quantitative estimate of drug-likeness (QED) is 0.567. The molecule has 1 aliphatic heterocycles. The van der Waals surface area contributed by atoms with Crippen LogP contribution in [0.25, 0.3) is 0 Å². The van der Waals surface area contributed by atoms with Gasteiger partial charge in [-0.25, -0.2) is 4.79 Å². The number of carbonyl (C=O) groups excluding carboxylic acids is 2. The highest BCUT2D eigenvalue weighted by Crippen LogP contribution is 2.33. The molecule has 0 fully saturated rings. The van der Waals surface area contributed by atoms with Crippen LogP contribution in [-0.4, -0.2) is 36.0 Å². The van der Waals surface area contributed by atoms with Crippen molar-refractivity contribution >= 4 is 40.5 Å². The van der Waals surface area contributed by atoms with Gasteiger partial charge in [-0.15, -0.1) is 0 Å². The van der Waals surface area contributed by atoms with Crippen LogP contribution < -0.4 is 20.3 Å². The maximum absolute atomic E-state index is 12.6. The number of fused-ring (bicyclic) bond motifs is 1. The molecule has 0 atom stereocenters. The van der Waals surface area contributed by atoms with Crippen LogP contribution in [0.1, 0.15) is 10.4 Å². The van der Waals surface area contributed by atoms with Crippen LogP contribution in [0.15, 0.2) is 72.8 Å². The van der Waals surface area contributed by atoms with E-state index >= 15 is 0 Å². The Morgan fingerprint density at radius 3 is 2.32 bits per heavy atom. The predicted octanol–water partition coefficient (Wildman–Crippen LogP) is 3.49. The van der Waals surface area contributed by atoms with Gasteiger partial charge in [0.2, 0.25) is 5.91 Å². The number of carbonyl (C=O) groups is 3. The molecule has 1 heterocycles. The van der Waals surface area contributed by atoms with Crippen LogP contribution in [-0.2, 0) is 9.59 Å². The highest BCUT2D eigenvalue weighted by Gasteiger charge is 2.28. The number of para-hydroxylation sites is 1. The van der Waals surface area contributed by atoms with E-state index in [0.717, 1.165) is 11.4 Å². The second-order valence-electron chi connectivity index (χ2n) is 6.87. The van der Waals surface area contributed by atoms with E-state index in [1.165, 1.54) is 23.1 Å². The summed E-state index contributed by atoms with van der Waals surface area (Å²) in [5, 5.41) is 15.2. The standard InChI is InChI=1S/C23H19N3O5/c27-21(25-18-9-7-17(8-10-18)24-16-4-2-1-3-5-16)13-26-19-12-15(23(29)30)6-11-20(19)31-14-22(26)28/h1-12,24H,13-14H2,(H,25,27)(H,29,30). The molecule has 0 saturated carbocycles. The molecule has 0 saturated heterocycles. The summed E-state index contributed by atoms with van der Waals surface area (Å²) in [6.45, 7) is -0.477. The lowest BCUT2D eigenvalue weighted by Crippen LogP contribution is -2.43. The van der Waals surface area contributed by atoms with Gasteiger partial charge in [0.15, 0.2) is 6.61 Å². The number of carboxylic acid groups (broad SMARTS) is 1. The third-order valence-electron chi connectivity index (χ3n) is 4.68. The zero-order valence-corrected chi connectivity index (χ0v) is 16.4. The van der Waals surface area contributed by atoms with E-state index in [1.807, 2.05) is 42.5 Å². The van der Waals surface area contributed by atoms with Crippen molar-refractivity contribution in [1.82, 2.24) is 0 Å². The number of nitrogens with zero attached hydrogens (tertiary/aromatic N) is 1. The third-order valence-corrected chi connectivity index (χ3v) is 4.68. The van der Waals surface area contributed by atoms with Gasteiger partial charge in [-0.1, -0.05) is 18.2 Å². The molecular weight excluding hydrogens is 398 g/mol. The summed E-state index contributed by atoms with van der Waals surface area (Å²) >= 11 is 0. The van der Waals surface area contributed by atoms with Crippen LogP contribution in [0.2, 0.25) is 0 Å². The molecule has 0 aromatic heterocycles. The molecule has 2 amide bonds. The van der Waals surface area contributed by atoms with Crippen molar-refractivity contribution in [2.45, 2.75) is 0 Å². The summed E-state index contributed by atoms with van der Waals surface area (Å²) in [5.74, 6) is -1.61. The molecule has 1 aliphatic rings. The number of amides is 2. The predicted molar refractivity (Wildman–Crippen MR) is 116 cm³/mol. The fourth-order valence-corrected chi connectivity index (χ4v) is 3.18. The van der Waals surface area contributed by atoms with Gasteiger partial charge in [-0.05, 0) is 54.6 Å². The minimum Gasteiger partial charge on any atom is -0.482 e. The molecule has 8 nitrogen and oxygen atoms in total. The maximum atomic E-state index is 12.6. The molecule has 3 aromatic carbocycles. The van der Waals surface area contributed by atoms with Gasteiger partial charge in [0.05, 0.1) is 11.3 Å². The van der Waals surface area contributed by atoms with Crippen molar-refractivity contribution in [2.75, 3.05) is 28.7 Å². The molecule has 0 unspecified atom stereocenters. The Hall–Kier alpha value is -4.33. The lowest BCUT2D eigenvalue weighted by molar-refractivity contribution is -0.123. The van der Waals surface area contributed by atoms with Crippen molar-refractivity contribution in [3.8, 4) is 5.75 Å². The SMILES string of the molecule is O=C(CN1C(=O)COc2ccc(C(=O)O)cc21)Nc1ccc(Nc2ccccc2)cc1. The van der Waals surface area contributed by atoms with Gasteiger partial charge in [0.1, 0.15) is 12.3 Å². The average molecular weight is 417 g/mol. The van der Waals surface area contributed by atoms with Gasteiger partial charge in [0, 0.05) is 17.1 Å². The minimum absolute atomic E-state index is 0.00367. The van der Waals surface area contributed by atoms with Crippen LogP contribution >= 0.6 is 0 Å². The molecule has 0 bridgehead atoms. The number of benzene rings is 3. The molecule has 3 aromatic rings. The lowest BCUT2D eigenvalue weighted by Gasteiger charge is -2.29. The molecule has 0 spiro atoms. The van der Waals surface area contributed by atoms with E-state index in [4.69, 9.17) is 4.74 Å². The fraction of sp³-hybridized carbons (Fsp3) is 0.0870. The molecule has 3 N–H and O–H groups in total. The van der Waals surface area contributed by atoms with Gasteiger partial charge in [0.25, 0.3) is 5.91 Å². The van der Waals surface area contributed by atoms with Crippen molar-refractivity contribution in [3.63, 3.8) is 0 Å². The molecule has 0 radical (unpaired) electrons. The largest absolute Gasteiger partial charge is 0.482 e. The highest BCUT2D eigenvalue weighted by atomic mass is 16.5. The van der Waals surface area contributed by atoms with Crippen LogP contribution in [0, 0.1) is 0 Å². The van der Waals surface area contributed by atoms with Crippen molar-refractivity contribution in [1.29, 1.82) is 0 Å². The summed E-state index contributed by atoms with van der Waals surface area (Å²) in [5.41, 5.74) is 2.65. The second kappa shape index (κ2) is 8.58. The lowest BCUT2D eigenvalue weighted by atomic mass is 10.1. The minimum atomic E-state index is -1.13. The Morgan fingerprint density at radius 2 is 1.61 bits per heavy atom. The number of ether oxygens (including phenoxy) is 1. The molecule has 156 valence electrons. The Morgan fingerprint density at radius 1 is 0.935 bits per heavy atom. The van der Waals surface area contributed by atoms with E-state index in [9.17, 15) is 19.5 Å². The van der Waals surface area contributed by atoms with Crippen molar-refractivity contribution in [2.24, 2.45) is 0 Å². The number of rotatable bonds is 6. The zero-order chi connectivity index (χ0) is 21.8.